The van der Waals surface area contributed by atoms with Crippen molar-refractivity contribution in [2.24, 2.45) is 0 Å². The van der Waals surface area contributed by atoms with Crippen LogP contribution in [0.25, 0.3) is 0 Å². The number of hydrogen-bond donors (Lipinski definition) is 1. The monoisotopic (exact) mass is 482 g/mol. The number of hydrogen-bond acceptors (Lipinski definition) is 5. The molecule has 1 fully saturated rings. The van der Waals surface area contributed by atoms with E-state index >= 15 is 0 Å². The van der Waals surface area contributed by atoms with Crippen LogP contribution in [0.4, 0.5) is 18.0 Å². The summed E-state index contributed by atoms with van der Waals surface area (Å²) in [6.07, 6.45) is -0.385. The van der Waals surface area contributed by atoms with Gasteiger partial charge in [-0.1, -0.05) is 6.07 Å². The first-order valence-electron chi connectivity index (χ1n) is 11.0. The smallest absolute Gasteiger partial charge is 0.422 e. The lowest BCUT2D eigenvalue weighted by Crippen LogP contribution is -2.42. The van der Waals surface area contributed by atoms with Crippen LogP contribution in [0, 0.1) is 0 Å². The third kappa shape index (κ3) is 7.13. The van der Waals surface area contributed by atoms with Crippen molar-refractivity contribution in [3.05, 3.63) is 47.9 Å². The average molecular weight is 483 g/mol. The first-order chi connectivity index (χ1) is 15.9. The summed E-state index contributed by atoms with van der Waals surface area (Å²) in [5.41, 5.74) is 0.201. The summed E-state index contributed by atoms with van der Waals surface area (Å²) < 4.78 is 49.5. The van der Waals surface area contributed by atoms with Crippen LogP contribution in [-0.2, 0) is 11.3 Å². The third-order valence-electron chi connectivity index (χ3n) is 5.18. The molecule has 0 saturated carbocycles. The van der Waals surface area contributed by atoms with E-state index in [0.29, 0.717) is 37.2 Å². The van der Waals surface area contributed by atoms with E-state index < -0.39 is 18.4 Å². The fourth-order valence-corrected chi connectivity index (χ4v) is 3.66. The van der Waals surface area contributed by atoms with Gasteiger partial charge in [0.2, 0.25) is 5.88 Å². The van der Waals surface area contributed by atoms with Gasteiger partial charge in [-0.2, -0.15) is 13.2 Å². The van der Waals surface area contributed by atoms with Gasteiger partial charge in [0.05, 0.1) is 0 Å². The lowest BCUT2D eigenvalue weighted by Gasteiger charge is -2.34. The van der Waals surface area contributed by atoms with E-state index in [1.165, 1.54) is 6.20 Å². The number of likely N-dealkylation sites (tertiary alicyclic amines) is 1. The van der Waals surface area contributed by atoms with Crippen LogP contribution in [0.2, 0.25) is 0 Å². The highest BCUT2D eigenvalue weighted by Gasteiger charge is 2.30. The van der Waals surface area contributed by atoms with Crippen molar-refractivity contribution in [3.63, 3.8) is 0 Å². The molecule has 2 aromatic rings. The highest BCUT2D eigenvalue weighted by molar-refractivity contribution is 5.92. The van der Waals surface area contributed by atoms with E-state index in [1.54, 1.807) is 29.2 Å². The van der Waals surface area contributed by atoms with Gasteiger partial charge in [0.25, 0.3) is 5.91 Å². The van der Waals surface area contributed by atoms with E-state index in [2.05, 4.69) is 10.3 Å². The summed E-state index contributed by atoms with van der Waals surface area (Å²) in [5.74, 6) is -0.546. The van der Waals surface area contributed by atoms with Crippen molar-refractivity contribution >= 4 is 12.0 Å². The first kappa shape index (κ1) is 25.4. The molecule has 3 rings (SSSR count). The van der Waals surface area contributed by atoms with Gasteiger partial charge >= 0.3 is 12.3 Å². The topological polar surface area (TPSA) is 85.7 Å². The minimum absolute atomic E-state index is 0.0264. The standard InChI is InChI=1S/C23H29F3N4O4/c1-22(2,3)34-21(32)29-12-8-17(9-13-29)30-11-5-7-18(30)19(31)28-14-16-6-4-10-27-20(16)33-15-23(24,25)26/h4-7,10-11,17H,8-9,12-15H2,1-3H3,(H,28,31). The second kappa shape index (κ2) is 10.4. The molecule has 1 saturated heterocycles. The molecule has 11 heteroatoms. The molecule has 2 aromatic heterocycles. The highest BCUT2D eigenvalue weighted by atomic mass is 19.4. The average Bonchev–Trinajstić information content (AvgIpc) is 3.25. The van der Waals surface area contributed by atoms with Crippen molar-refractivity contribution in [2.75, 3.05) is 19.7 Å². The Labute approximate surface area is 196 Å². The molecule has 8 nitrogen and oxygen atoms in total. The maximum Gasteiger partial charge on any atom is 0.422 e. The predicted molar refractivity (Wildman–Crippen MR) is 117 cm³/mol. The lowest BCUT2D eigenvalue weighted by atomic mass is 10.0. The zero-order chi connectivity index (χ0) is 24.9. The molecule has 0 radical (unpaired) electrons. The van der Waals surface area contributed by atoms with Gasteiger partial charge in [0, 0.05) is 43.6 Å². The summed E-state index contributed by atoms with van der Waals surface area (Å²) in [4.78, 5) is 30.6. The molecule has 0 bridgehead atoms. The molecule has 0 aliphatic carbocycles. The van der Waals surface area contributed by atoms with E-state index in [1.807, 2.05) is 31.5 Å². The molecule has 0 unspecified atom stereocenters. The van der Waals surface area contributed by atoms with Gasteiger partial charge in [0.15, 0.2) is 6.61 Å². The Balaban J connectivity index is 1.58. The van der Waals surface area contributed by atoms with Gasteiger partial charge in [-0.25, -0.2) is 9.78 Å². The molecule has 1 N–H and O–H groups in total. The Morgan fingerprint density at radius 2 is 1.85 bits per heavy atom. The second-order valence-electron chi connectivity index (χ2n) is 9.05. The van der Waals surface area contributed by atoms with Gasteiger partial charge in [0.1, 0.15) is 11.3 Å². The number of piperidine rings is 1. The van der Waals surface area contributed by atoms with Crippen molar-refractivity contribution in [1.29, 1.82) is 0 Å². The van der Waals surface area contributed by atoms with Crippen LogP contribution >= 0.6 is 0 Å². The van der Waals surface area contributed by atoms with Crippen molar-refractivity contribution in [3.8, 4) is 5.88 Å². The summed E-state index contributed by atoms with van der Waals surface area (Å²) in [6.45, 7) is 4.97. The zero-order valence-corrected chi connectivity index (χ0v) is 19.4. The minimum atomic E-state index is -4.49. The van der Waals surface area contributed by atoms with E-state index in [4.69, 9.17) is 9.47 Å². The molecule has 1 aliphatic rings. The normalized spacial score (nSPS) is 15.2. The fourth-order valence-electron chi connectivity index (χ4n) is 3.66. The number of ether oxygens (including phenoxy) is 2. The van der Waals surface area contributed by atoms with Gasteiger partial charge in [-0.05, 0) is 51.8 Å². The summed E-state index contributed by atoms with van der Waals surface area (Å²) in [7, 11) is 0. The van der Waals surface area contributed by atoms with Crippen molar-refractivity contribution in [1.82, 2.24) is 19.8 Å². The number of rotatable bonds is 6. The number of nitrogens with one attached hydrogen (secondary N) is 1. The highest BCUT2D eigenvalue weighted by Crippen LogP contribution is 2.26. The number of nitrogens with zero attached hydrogens (tertiary/aromatic N) is 3. The van der Waals surface area contributed by atoms with E-state index in [-0.39, 0.29) is 30.5 Å². The molecule has 34 heavy (non-hydrogen) atoms. The Morgan fingerprint density at radius 1 is 1.15 bits per heavy atom. The lowest BCUT2D eigenvalue weighted by molar-refractivity contribution is -0.154. The number of carbonyl (C=O) groups is 2. The molecule has 186 valence electrons. The molecule has 0 atom stereocenters. The quantitative estimate of drug-likeness (QED) is 0.663. The van der Waals surface area contributed by atoms with Crippen LogP contribution in [-0.4, -0.2) is 57.9 Å². The van der Waals surface area contributed by atoms with Crippen LogP contribution in [0.3, 0.4) is 0 Å². The van der Waals surface area contributed by atoms with Crippen LogP contribution in [0.5, 0.6) is 5.88 Å². The Hall–Kier alpha value is -3.24. The predicted octanol–water partition coefficient (Wildman–Crippen LogP) is 4.33. The van der Waals surface area contributed by atoms with Crippen LogP contribution in [0.15, 0.2) is 36.7 Å². The maximum atomic E-state index is 12.8. The van der Waals surface area contributed by atoms with Crippen molar-refractivity contribution < 1.29 is 32.2 Å². The van der Waals surface area contributed by atoms with Crippen LogP contribution in [0.1, 0.15) is 55.7 Å². The number of pyridine rings is 1. The third-order valence-corrected chi connectivity index (χ3v) is 5.18. The summed E-state index contributed by atoms with van der Waals surface area (Å²) >= 11 is 0. The Bertz CT molecular complexity index is 993. The maximum absolute atomic E-state index is 12.8. The molecular weight excluding hydrogens is 453 g/mol. The Morgan fingerprint density at radius 3 is 2.50 bits per heavy atom. The Kier molecular flexibility index (Phi) is 7.73. The number of halogens is 3. The molecule has 1 aliphatic heterocycles. The minimum Gasteiger partial charge on any atom is -0.468 e. The van der Waals surface area contributed by atoms with Gasteiger partial charge in [-0.3, -0.25) is 4.79 Å². The van der Waals surface area contributed by atoms with Crippen LogP contribution < -0.4 is 10.1 Å². The molecule has 3 heterocycles. The van der Waals surface area contributed by atoms with Gasteiger partial charge < -0.3 is 24.3 Å². The molecule has 0 spiro atoms. The SMILES string of the molecule is CC(C)(C)OC(=O)N1CCC(n2cccc2C(=O)NCc2cccnc2OCC(F)(F)F)CC1. The number of amides is 2. The van der Waals surface area contributed by atoms with E-state index in [0.717, 1.165) is 0 Å². The molecule has 0 aromatic carbocycles. The van der Waals surface area contributed by atoms with Crippen molar-refractivity contribution in [2.45, 2.75) is 58.0 Å². The number of carbonyl (C=O) groups excluding carboxylic acids is 2. The van der Waals surface area contributed by atoms with E-state index in [9.17, 15) is 22.8 Å². The summed E-state index contributed by atoms with van der Waals surface area (Å²) in [6, 6.07) is 6.57. The number of alkyl halides is 3. The first-order valence-corrected chi connectivity index (χ1v) is 11.0. The van der Waals surface area contributed by atoms with Gasteiger partial charge in [-0.15, -0.1) is 0 Å². The number of aromatic nitrogens is 2. The largest absolute Gasteiger partial charge is 0.468 e. The zero-order valence-electron chi connectivity index (χ0n) is 19.4. The fraction of sp³-hybridized carbons (Fsp3) is 0.522. The summed E-state index contributed by atoms with van der Waals surface area (Å²) in [5, 5.41) is 2.73. The second-order valence-corrected chi connectivity index (χ2v) is 9.05. The molecule has 2 amide bonds. The molecular formula is C23H29F3N4O4.